The van der Waals surface area contributed by atoms with E-state index < -0.39 is 11.9 Å². The van der Waals surface area contributed by atoms with Gasteiger partial charge in [0.15, 0.2) is 0 Å². The topological polar surface area (TPSA) is 82.1 Å². The Labute approximate surface area is 272 Å². The lowest BCUT2D eigenvalue weighted by molar-refractivity contribution is -0.149. The Kier molecular flexibility index (Phi) is 15.6. The maximum Gasteiger partial charge on any atom is 0.333 e. The number of halogens is 1. The first kappa shape index (κ1) is 36.8. The summed E-state index contributed by atoms with van der Waals surface area (Å²) in [5.74, 6) is -1.03. The smallest absolute Gasteiger partial charge is 0.333 e. The lowest BCUT2D eigenvalue weighted by Gasteiger charge is -2.27. The van der Waals surface area contributed by atoms with Crippen LogP contribution in [0.2, 0.25) is 0 Å². The zero-order chi connectivity index (χ0) is 33.4. The van der Waals surface area contributed by atoms with E-state index in [0.29, 0.717) is 12.2 Å². The van der Waals surface area contributed by atoms with Crippen LogP contribution in [0.4, 0.5) is 17.1 Å². The molecular formula is C37H44ClNO6. The molecule has 0 unspecified atom stereocenters. The molecule has 240 valence electrons. The number of rotatable bonds is 14. The van der Waals surface area contributed by atoms with E-state index in [0.717, 1.165) is 29.9 Å². The minimum absolute atomic E-state index is 0.0414. The van der Waals surface area contributed by atoms with Gasteiger partial charge in [0.25, 0.3) is 0 Å². The van der Waals surface area contributed by atoms with Gasteiger partial charge in [0, 0.05) is 34.6 Å². The Morgan fingerprint density at radius 3 is 1.78 bits per heavy atom. The first-order valence-corrected chi connectivity index (χ1v) is 15.4. The molecule has 0 heterocycles. The Morgan fingerprint density at radius 2 is 1.29 bits per heavy atom. The second-order valence-corrected chi connectivity index (χ2v) is 11.0. The van der Waals surface area contributed by atoms with Gasteiger partial charge in [-0.1, -0.05) is 37.4 Å². The Hall–Kier alpha value is -4.36. The van der Waals surface area contributed by atoms with E-state index in [1.807, 2.05) is 0 Å². The summed E-state index contributed by atoms with van der Waals surface area (Å²) in [7, 11) is 0. The van der Waals surface area contributed by atoms with Crippen LogP contribution in [-0.2, 0) is 35.0 Å². The maximum atomic E-state index is 11.2. The van der Waals surface area contributed by atoms with E-state index >= 15 is 0 Å². The molecule has 8 heteroatoms. The number of carbonyl (C=O) groups is 3. The highest BCUT2D eigenvalue weighted by Crippen LogP contribution is 2.36. The van der Waals surface area contributed by atoms with Crippen LogP contribution in [0.1, 0.15) is 47.6 Å². The summed E-state index contributed by atoms with van der Waals surface area (Å²) in [6, 6.07) is 21.8. The molecule has 3 aromatic carbocycles. The van der Waals surface area contributed by atoms with E-state index in [2.05, 4.69) is 116 Å². The number of esters is 3. The molecule has 45 heavy (non-hydrogen) atoms. The summed E-state index contributed by atoms with van der Waals surface area (Å²) in [5, 5.41) is 0. The number of alkyl halides is 1. The number of benzene rings is 3. The van der Waals surface area contributed by atoms with Gasteiger partial charge in [-0.3, -0.25) is 4.79 Å². The van der Waals surface area contributed by atoms with E-state index in [9.17, 15) is 14.4 Å². The number of carbonyl (C=O) groups excluding carboxylic acids is 3. The van der Waals surface area contributed by atoms with Crippen LogP contribution in [0, 0.1) is 27.7 Å². The van der Waals surface area contributed by atoms with Crippen molar-refractivity contribution in [2.45, 2.75) is 53.9 Å². The van der Waals surface area contributed by atoms with Gasteiger partial charge in [-0.05, 0) is 112 Å². The molecule has 0 aliphatic carbocycles. The van der Waals surface area contributed by atoms with E-state index in [-0.39, 0.29) is 31.5 Å². The van der Waals surface area contributed by atoms with Crippen LogP contribution in [-0.4, -0.2) is 43.6 Å². The normalized spacial score (nSPS) is 10.2. The number of nitrogens with zero attached hydrogens (tertiary/aromatic N) is 1. The first-order valence-electron chi connectivity index (χ1n) is 14.8. The van der Waals surface area contributed by atoms with Crippen molar-refractivity contribution in [3.63, 3.8) is 0 Å². The standard InChI is InChI=1S/C28H31NO2.C9H13ClO4/c1-6-28(30)31-17-7-8-24-11-15-25(16-12-24)29(26-13-9-20(2)22(4)18-26)27-14-10-21(3)23(5)19-27;1-7(2)9(12)14-6-5-13-8(11)3-4-10/h6,9-16,18-19H,1,7-8,17H2,2-5H3;1,3-6H2,2H3. The van der Waals surface area contributed by atoms with Crippen LogP contribution >= 0.6 is 11.6 Å². The summed E-state index contributed by atoms with van der Waals surface area (Å²) in [6.45, 7) is 17.4. The molecule has 3 rings (SSSR count). The number of ether oxygens (including phenoxy) is 3. The molecule has 7 nitrogen and oxygen atoms in total. The summed E-state index contributed by atoms with van der Waals surface area (Å²) in [5.41, 5.74) is 10.1. The molecule has 3 aromatic rings. The second kappa shape index (κ2) is 19.1. The lowest BCUT2D eigenvalue weighted by Crippen LogP contribution is -2.14. The van der Waals surface area contributed by atoms with Crippen LogP contribution in [0.25, 0.3) is 0 Å². The third kappa shape index (κ3) is 12.6. The van der Waals surface area contributed by atoms with Gasteiger partial charge in [0.1, 0.15) is 13.2 Å². The molecule has 0 N–H and O–H groups in total. The molecule has 0 bridgehead atoms. The zero-order valence-electron chi connectivity index (χ0n) is 27.0. The maximum absolute atomic E-state index is 11.2. The van der Waals surface area contributed by atoms with Crippen molar-refractivity contribution in [1.82, 2.24) is 0 Å². The third-order valence-electron chi connectivity index (χ3n) is 6.94. The highest BCUT2D eigenvalue weighted by atomic mass is 35.5. The number of anilines is 3. The largest absolute Gasteiger partial charge is 0.463 e. The summed E-state index contributed by atoms with van der Waals surface area (Å²) >= 11 is 5.30. The minimum Gasteiger partial charge on any atom is -0.463 e. The van der Waals surface area contributed by atoms with Crippen LogP contribution < -0.4 is 4.90 Å². The SMILES string of the molecule is C=C(C)C(=O)OCCOC(=O)CCCl.C=CC(=O)OCCCc1ccc(N(c2ccc(C)c(C)c2)c2ccc(C)c(C)c2)cc1. The van der Waals surface area contributed by atoms with Crippen molar-refractivity contribution in [3.8, 4) is 0 Å². The molecule has 0 radical (unpaired) electrons. The van der Waals surface area contributed by atoms with Gasteiger partial charge < -0.3 is 19.1 Å². The molecule has 0 spiro atoms. The first-order chi connectivity index (χ1) is 21.5. The van der Waals surface area contributed by atoms with E-state index in [4.69, 9.17) is 16.3 Å². The molecule has 0 amide bonds. The van der Waals surface area contributed by atoms with Gasteiger partial charge in [-0.2, -0.15) is 0 Å². The Bertz CT molecular complexity index is 1410. The van der Waals surface area contributed by atoms with E-state index in [1.165, 1.54) is 33.9 Å². The Balaban J connectivity index is 0.000000426. The fraction of sp³-hybridized carbons (Fsp3) is 0.324. The van der Waals surface area contributed by atoms with Crippen molar-refractivity contribution >= 4 is 46.6 Å². The molecule has 0 aromatic heterocycles. The number of hydrogen-bond donors (Lipinski definition) is 0. The van der Waals surface area contributed by atoms with Crippen LogP contribution in [0.15, 0.2) is 85.5 Å². The van der Waals surface area contributed by atoms with Crippen LogP contribution in [0.5, 0.6) is 0 Å². The van der Waals surface area contributed by atoms with Gasteiger partial charge >= 0.3 is 17.9 Å². The quantitative estimate of drug-likeness (QED) is 0.0580. The van der Waals surface area contributed by atoms with Crippen molar-refractivity contribution < 1.29 is 28.6 Å². The van der Waals surface area contributed by atoms with E-state index in [1.54, 1.807) is 6.92 Å². The molecule has 0 fully saturated rings. The molecule has 0 aliphatic heterocycles. The van der Waals surface area contributed by atoms with Crippen molar-refractivity contribution in [1.29, 1.82) is 0 Å². The fourth-order valence-corrected chi connectivity index (χ4v) is 4.21. The van der Waals surface area contributed by atoms with Gasteiger partial charge in [0.05, 0.1) is 13.0 Å². The Morgan fingerprint density at radius 1 is 0.756 bits per heavy atom. The number of hydrogen-bond acceptors (Lipinski definition) is 7. The van der Waals surface area contributed by atoms with Gasteiger partial charge in [-0.15, -0.1) is 11.6 Å². The minimum atomic E-state index is -0.488. The molecule has 0 saturated carbocycles. The summed E-state index contributed by atoms with van der Waals surface area (Å²) in [4.78, 5) is 35.0. The molecular weight excluding hydrogens is 590 g/mol. The lowest BCUT2D eigenvalue weighted by atomic mass is 10.0. The predicted molar refractivity (Wildman–Crippen MR) is 182 cm³/mol. The zero-order valence-corrected chi connectivity index (χ0v) is 27.7. The van der Waals surface area contributed by atoms with Crippen molar-refractivity contribution in [2.24, 2.45) is 0 Å². The third-order valence-corrected chi connectivity index (χ3v) is 7.13. The van der Waals surface area contributed by atoms with Gasteiger partial charge in [-0.25, -0.2) is 9.59 Å². The molecule has 0 atom stereocenters. The fourth-order valence-electron chi connectivity index (χ4n) is 4.06. The monoisotopic (exact) mass is 633 g/mol. The molecule has 0 aliphatic rings. The van der Waals surface area contributed by atoms with Gasteiger partial charge in [0.2, 0.25) is 0 Å². The summed E-state index contributed by atoms with van der Waals surface area (Å²) < 4.78 is 14.4. The van der Waals surface area contributed by atoms with Crippen molar-refractivity contribution in [3.05, 3.63) is 113 Å². The summed E-state index contributed by atoms with van der Waals surface area (Å²) in [6.07, 6.45) is 3.01. The van der Waals surface area contributed by atoms with Crippen molar-refractivity contribution in [2.75, 3.05) is 30.6 Å². The predicted octanol–water partition coefficient (Wildman–Crippen LogP) is 8.33. The average Bonchev–Trinajstić information content (AvgIpc) is 3.02. The number of aryl methyl sites for hydroxylation is 5. The van der Waals surface area contributed by atoms with Crippen LogP contribution in [0.3, 0.4) is 0 Å². The second-order valence-electron chi connectivity index (χ2n) is 10.6. The highest BCUT2D eigenvalue weighted by Gasteiger charge is 2.14. The average molecular weight is 634 g/mol. The highest BCUT2D eigenvalue weighted by molar-refractivity contribution is 6.18. The molecule has 0 saturated heterocycles.